The maximum Gasteiger partial charge on any atom is 0.274 e. The van der Waals surface area contributed by atoms with E-state index in [2.05, 4.69) is 28.1 Å². The Labute approximate surface area is 103 Å². The Morgan fingerprint density at radius 2 is 2.00 bits per heavy atom. The summed E-state index contributed by atoms with van der Waals surface area (Å²) in [7, 11) is 0. The highest BCUT2D eigenvalue weighted by Crippen LogP contribution is 2.06. The first-order chi connectivity index (χ1) is 7.09. The minimum absolute atomic E-state index is 0.202. The summed E-state index contributed by atoms with van der Waals surface area (Å²) < 4.78 is 1.10. The van der Waals surface area contributed by atoms with Gasteiger partial charge in [-0.3, -0.25) is 9.63 Å². The zero-order chi connectivity index (χ0) is 11.3. The van der Waals surface area contributed by atoms with Gasteiger partial charge < -0.3 is 0 Å². The van der Waals surface area contributed by atoms with E-state index in [1.54, 1.807) is 12.1 Å². The van der Waals surface area contributed by atoms with Crippen LogP contribution in [0, 0.1) is 9.49 Å². The highest BCUT2D eigenvalue weighted by molar-refractivity contribution is 14.1. The Kier molecular flexibility index (Phi) is 5.04. The van der Waals surface area contributed by atoms with Crippen LogP contribution in [0.4, 0.5) is 0 Å². The molecule has 1 aromatic rings. The lowest BCUT2D eigenvalue weighted by molar-refractivity contribution is 0.0208. The van der Waals surface area contributed by atoms with Gasteiger partial charge in [-0.2, -0.15) is 0 Å². The maximum atomic E-state index is 11.5. The average Bonchev–Trinajstić information content (AvgIpc) is 2.18. The third kappa shape index (κ3) is 4.61. The van der Waals surface area contributed by atoms with Gasteiger partial charge in [0.1, 0.15) is 0 Å². The molecule has 0 aromatic heterocycles. The summed E-state index contributed by atoms with van der Waals surface area (Å²) >= 11 is 2.19. The minimum atomic E-state index is -0.202. The second-order valence-corrected chi connectivity index (χ2v) is 4.89. The van der Waals surface area contributed by atoms with Crippen LogP contribution in [0.1, 0.15) is 24.2 Å². The lowest BCUT2D eigenvalue weighted by Crippen LogP contribution is -2.25. The predicted octanol–water partition coefficient (Wildman–Crippen LogP) is 2.61. The smallest absolute Gasteiger partial charge is 0.273 e. The van der Waals surface area contributed by atoms with Crippen LogP contribution in [0.25, 0.3) is 0 Å². The number of rotatable bonds is 4. The Bertz CT molecular complexity index is 322. The number of halogens is 1. The first-order valence-electron chi connectivity index (χ1n) is 4.77. The molecule has 1 amide bonds. The van der Waals surface area contributed by atoms with Gasteiger partial charge in [0.05, 0.1) is 6.61 Å². The Hall–Kier alpha value is -0.620. The normalized spacial score (nSPS) is 10.4. The van der Waals surface area contributed by atoms with Crippen LogP contribution in [-0.2, 0) is 4.84 Å². The van der Waals surface area contributed by atoms with Crippen LogP contribution in [0.2, 0.25) is 0 Å². The molecule has 1 rings (SSSR count). The number of benzene rings is 1. The van der Waals surface area contributed by atoms with Crippen LogP contribution in [0.15, 0.2) is 24.3 Å². The number of amides is 1. The van der Waals surface area contributed by atoms with Gasteiger partial charge in [-0.05, 0) is 52.8 Å². The largest absolute Gasteiger partial charge is 0.274 e. The fraction of sp³-hybridized carbons (Fsp3) is 0.364. The van der Waals surface area contributed by atoms with Crippen molar-refractivity contribution in [1.29, 1.82) is 0 Å². The molecule has 0 saturated heterocycles. The Morgan fingerprint density at radius 1 is 1.40 bits per heavy atom. The molecule has 15 heavy (non-hydrogen) atoms. The van der Waals surface area contributed by atoms with Crippen molar-refractivity contribution in [1.82, 2.24) is 5.48 Å². The van der Waals surface area contributed by atoms with Gasteiger partial charge in [-0.15, -0.1) is 0 Å². The molecule has 0 heterocycles. The molecule has 0 aliphatic carbocycles. The lowest BCUT2D eigenvalue weighted by atomic mass is 10.2. The monoisotopic (exact) mass is 319 g/mol. The Balaban J connectivity index is 2.43. The summed E-state index contributed by atoms with van der Waals surface area (Å²) in [6, 6.07) is 7.32. The molecule has 0 fully saturated rings. The van der Waals surface area contributed by atoms with Crippen LogP contribution < -0.4 is 5.48 Å². The second kappa shape index (κ2) is 6.07. The molecule has 82 valence electrons. The van der Waals surface area contributed by atoms with E-state index in [9.17, 15) is 4.79 Å². The van der Waals surface area contributed by atoms with Crippen molar-refractivity contribution in [3.05, 3.63) is 33.4 Å². The van der Waals surface area contributed by atoms with Crippen molar-refractivity contribution in [3.63, 3.8) is 0 Å². The molecule has 0 aliphatic heterocycles. The summed E-state index contributed by atoms with van der Waals surface area (Å²) in [5.41, 5.74) is 3.02. The summed E-state index contributed by atoms with van der Waals surface area (Å²) in [5, 5.41) is 0. The number of nitrogens with one attached hydrogen (secondary N) is 1. The lowest BCUT2D eigenvalue weighted by Gasteiger charge is -2.07. The van der Waals surface area contributed by atoms with Gasteiger partial charge in [0.2, 0.25) is 0 Å². The fourth-order valence-electron chi connectivity index (χ4n) is 0.934. The molecular weight excluding hydrogens is 305 g/mol. The van der Waals surface area contributed by atoms with Crippen molar-refractivity contribution >= 4 is 28.5 Å². The van der Waals surface area contributed by atoms with Crippen molar-refractivity contribution in [3.8, 4) is 0 Å². The summed E-state index contributed by atoms with van der Waals surface area (Å²) in [5.74, 6) is 0.203. The molecule has 0 radical (unpaired) electrons. The topological polar surface area (TPSA) is 38.3 Å². The van der Waals surface area contributed by atoms with Gasteiger partial charge in [-0.25, -0.2) is 5.48 Å². The summed E-state index contributed by atoms with van der Waals surface area (Å²) in [4.78, 5) is 16.5. The summed E-state index contributed by atoms with van der Waals surface area (Å²) in [6.45, 7) is 4.57. The van der Waals surface area contributed by atoms with Gasteiger partial charge in [-0.1, -0.05) is 13.8 Å². The zero-order valence-electron chi connectivity index (χ0n) is 8.79. The van der Waals surface area contributed by atoms with Crippen molar-refractivity contribution < 1.29 is 9.63 Å². The molecule has 3 nitrogen and oxygen atoms in total. The van der Waals surface area contributed by atoms with Crippen molar-refractivity contribution in [2.24, 2.45) is 5.92 Å². The number of hydroxylamine groups is 1. The molecule has 0 aliphatic rings. The SMILES string of the molecule is CC(C)CONC(=O)c1ccc(I)cc1. The molecule has 1 aromatic carbocycles. The van der Waals surface area contributed by atoms with E-state index < -0.39 is 0 Å². The molecule has 0 spiro atoms. The first kappa shape index (κ1) is 12.4. The van der Waals surface area contributed by atoms with E-state index >= 15 is 0 Å². The van der Waals surface area contributed by atoms with Crippen LogP contribution in [-0.4, -0.2) is 12.5 Å². The maximum absolute atomic E-state index is 11.5. The zero-order valence-corrected chi connectivity index (χ0v) is 10.9. The molecule has 0 atom stereocenters. The molecule has 4 heteroatoms. The van der Waals surface area contributed by atoms with Crippen LogP contribution in [0.3, 0.4) is 0 Å². The summed E-state index contributed by atoms with van der Waals surface area (Å²) in [6.07, 6.45) is 0. The van der Waals surface area contributed by atoms with Gasteiger partial charge in [0.25, 0.3) is 5.91 Å². The quantitative estimate of drug-likeness (QED) is 0.684. The number of hydrogen-bond donors (Lipinski definition) is 1. The molecule has 0 bridgehead atoms. The fourth-order valence-corrected chi connectivity index (χ4v) is 1.29. The highest BCUT2D eigenvalue weighted by Gasteiger charge is 2.04. The third-order valence-corrected chi connectivity index (χ3v) is 2.41. The number of carbonyl (C=O) groups is 1. The average molecular weight is 319 g/mol. The van der Waals surface area contributed by atoms with E-state index in [4.69, 9.17) is 4.84 Å². The van der Waals surface area contributed by atoms with Gasteiger partial charge >= 0.3 is 0 Å². The van der Waals surface area contributed by atoms with Crippen molar-refractivity contribution in [2.75, 3.05) is 6.61 Å². The van der Waals surface area contributed by atoms with Crippen LogP contribution in [0.5, 0.6) is 0 Å². The minimum Gasteiger partial charge on any atom is -0.273 e. The number of hydrogen-bond acceptors (Lipinski definition) is 2. The van der Waals surface area contributed by atoms with E-state index in [1.807, 2.05) is 26.0 Å². The van der Waals surface area contributed by atoms with E-state index in [-0.39, 0.29) is 5.91 Å². The highest BCUT2D eigenvalue weighted by atomic mass is 127. The van der Waals surface area contributed by atoms with E-state index in [1.165, 1.54) is 0 Å². The molecule has 1 N–H and O–H groups in total. The second-order valence-electron chi connectivity index (χ2n) is 3.64. The predicted molar refractivity (Wildman–Crippen MR) is 67.4 cm³/mol. The van der Waals surface area contributed by atoms with Gasteiger partial charge in [0, 0.05) is 9.13 Å². The van der Waals surface area contributed by atoms with Crippen molar-refractivity contribution in [2.45, 2.75) is 13.8 Å². The number of carbonyl (C=O) groups excluding carboxylic acids is 1. The standard InChI is InChI=1S/C11H14INO2/c1-8(2)7-15-13-11(14)9-3-5-10(12)6-4-9/h3-6,8H,7H2,1-2H3,(H,13,14). The molecular formula is C11H14INO2. The van der Waals surface area contributed by atoms with Gasteiger partial charge in [0.15, 0.2) is 0 Å². The molecule has 0 unspecified atom stereocenters. The Morgan fingerprint density at radius 3 is 2.53 bits per heavy atom. The van der Waals surface area contributed by atoms with E-state index in [0.717, 1.165) is 3.57 Å². The molecule has 0 saturated carbocycles. The third-order valence-electron chi connectivity index (χ3n) is 1.69. The van der Waals surface area contributed by atoms with E-state index in [0.29, 0.717) is 18.1 Å². The first-order valence-corrected chi connectivity index (χ1v) is 5.85. The van der Waals surface area contributed by atoms with Crippen LogP contribution >= 0.6 is 22.6 Å².